The van der Waals surface area contributed by atoms with Gasteiger partial charge in [0.05, 0.1) is 51.3 Å². The number of amides is 3. The second-order valence-corrected chi connectivity index (χ2v) is 39.2. The van der Waals surface area contributed by atoms with Gasteiger partial charge < -0.3 is 70.2 Å². The number of hydrogen-bond acceptors (Lipinski definition) is 36. The van der Waals surface area contributed by atoms with Crippen molar-refractivity contribution in [3.05, 3.63) is 283 Å². The maximum atomic E-state index is 14.1. The van der Waals surface area contributed by atoms with Gasteiger partial charge in [0.25, 0.3) is 0 Å². The van der Waals surface area contributed by atoms with Gasteiger partial charge in [0.2, 0.25) is 42.2 Å². The van der Waals surface area contributed by atoms with Crippen molar-refractivity contribution in [2.24, 2.45) is 0 Å². The first-order valence-electron chi connectivity index (χ1n) is 45.6. The number of para-hydroxylation sites is 2. The number of ether oxygens (including phenoxy) is 6. The summed E-state index contributed by atoms with van der Waals surface area (Å²) in [6.07, 6.45) is 19.3. The van der Waals surface area contributed by atoms with Crippen molar-refractivity contribution in [2.45, 2.75) is 132 Å². The Hall–Kier alpha value is -11.6. The summed E-state index contributed by atoms with van der Waals surface area (Å²) >= 11 is 19.7. The molecule has 1 N–H and O–H groups in total. The average Bonchev–Trinajstić information content (AvgIpc) is 1.44. The molecule has 2 aromatic heterocycles. The van der Waals surface area contributed by atoms with Crippen LogP contribution in [0, 0.1) is 25.7 Å². The number of hydroxylamine groups is 2. The second kappa shape index (κ2) is 49.7. The Morgan fingerprint density at radius 3 is 1.89 bits per heavy atom. The zero-order chi connectivity index (χ0) is 103. The molecule has 149 heavy (non-hydrogen) atoms. The van der Waals surface area contributed by atoms with Crippen LogP contribution in [0.4, 0.5) is 44.2 Å². The summed E-state index contributed by atoms with van der Waals surface area (Å²) in [6, 6.07) is 38.7. The molecular weight excluding hydrogens is 2150 g/mol. The van der Waals surface area contributed by atoms with Crippen molar-refractivity contribution in [1.29, 1.82) is 0 Å². The van der Waals surface area contributed by atoms with Crippen molar-refractivity contribution in [3.63, 3.8) is 0 Å². The normalized spacial score (nSPS) is 19.5. The number of aromatic nitrogens is 4. The van der Waals surface area contributed by atoms with E-state index < -0.39 is 60.3 Å². The smallest absolute Gasteiger partial charge is 0.744 e. The quantitative estimate of drug-likeness (QED) is 0.0198. The summed E-state index contributed by atoms with van der Waals surface area (Å²) < 4.78 is 94.4. The Balaban J connectivity index is 0.000000144. The maximum Gasteiger partial charge on any atom is 1.00 e. The molecule has 0 bridgehead atoms. The number of carbonyl (C=O) groups excluding carboxylic acids is 12. The first kappa shape index (κ1) is 113. The molecule has 49 heteroatoms. The van der Waals surface area contributed by atoms with Crippen LogP contribution in [0.3, 0.4) is 0 Å². The van der Waals surface area contributed by atoms with Crippen molar-refractivity contribution in [3.8, 4) is 5.75 Å². The van der Waals surface area contributed by atoms with E-state index in [0.717, 1.165) is 146 Å². The Kier molecular flexibility index (Phi) is 37.7. The van der Waals surface area contributed by atoms with Crippen LogP contribution in [-0.2, 0) is 119 Å². The number of anilines is 7. The third-order valence-electron chi connectivity index (χ3n) is 25.4. The van der Waals surface area contributed by atoms with Crippen molar-refractivity contribution >= 4 is 211 Å². The van der Waals surface area contributed by atoms with Crippen molar-refractivity contribution in [1.82, 2.24) is 25.3 Å². The summed E-state index contributed by atoms with van der Waals surface area (Å²) in [5.41, 5.74) is 13.5. The Morgan fingerprint density at radius 2 is 1.22 bits per heavy atom. The first-order valence-corrected chi connectivity index (χ1v) is 51.3. The number of pyridine rings is 1. The molecule has 752 valence electrons. The molecule has 5 atom stereocenters. The van der Waals surface area contributed by atoms with Crippen LogP contribution in [0.1, 0.15) is 89.8 Å². The van der Waals surface area contributed by atoms with E-state index in [1.165, 1.54) is 78.9 Å². The number of nitrogens with zero attached hydrogens (tertiary/aromatic N) is 12. The fraction of sp³-hybridized carbons (Fsp3) is 0.270. The largest absolute Gasteiger partial charge is 1.00 e. The summed E-state index contributed by atoms with van der Waals surface area (Å²) in [4.78, 5) is 177. The molecular formula is C100H83Cl3FN13Na3O25PS2Se. The minimum atomic E-state index is -3.37. The van der Waals surface area contributed by atoms with Crippen molar-refractivity contribution in [2.75, 3.05) is 80.6 Å². The zero-order valence-corrected chi connectivity index (χ0v) is 92.8. The molecule has 0 aliphatic carbocycles. The first-order chi connectivity index (χ1) is 70.3. The van der Waals surface area contributed by atoms with E-state index in [-0.39, 0.29) is 231 Å². The number of nitrogens with one attached hydrogen (secondary N) is 1. The van der Waals surface area contributed by atoms with E-state index >= 15 is 0 Å². The molecule has 1 saturated heterocycles. The molecule has 16 aliphatic rings. The summed E-state index contributed by atoms with van der Waals surface area (Å²) in [6.45, 7) is 14.3. The molecule has 5 unspecified atom stereocenters. The van der Waals surface area contributed by atoms with Crippen LogP contribution in [0.25, 0.3) is 21.5 Å². The minimum absolute atomic E-state index is 0. The Morgan fingerprint density at radius 1 is 0.638 bits per heavy atom. The van der Waals surface area contributed by atoms with Crippen LogP contribution in [0.15, 0.2) is 241 Å². The fourth-order valence-electron chi connectivity index (χ4n) is 19.3. The number of halogens is 4. The molecule has 16 aliphatic heterocycles. The van der Waals surface area contributed by atoms with Crippen LogP contribution >= 0.6 is 54.5 Å². The molecule has 8 aromatic rings. The van der Waals surface area contributed by atoms with Crippen LogP contribution in [-0.4, -0.2) is 190 Å². The third-order valence-corrected chi connectivity index (χ3v) is 29.7. The summed E-state index contributed by atoms with van der Waals surface area (Å²) in [5.74, 6) is -0.754. The number of imide groups is 1. The number of esters is 5. The van der Waals surface area contributed by atoms with Gasteiger partial charge in [-0.3, -0.25) is 25.6 Å². The van der Waals surface area contributed by atoms with E-state index in [1.54, 1.807) is 30.0 Å². The number of carbonyl (C=O) groups is 10. The zero-order valence-electron chi connectivity index (χ0n) is 80.3. The summed E-state index contributed by atoms with van der Waals surface area (Å²) in [5, 5.41) is 9.87. The van der Waals surface area contributed by atoms with Crippen LogP contribution in [0.5, 0.6) is 5.75 Å². The number of thioether (sulfide) groups is 1. The van der Waals surface area contributed by atoms with Gasteiger partial charge in [-0.1, -0.05) is 65.8 Å². The fourth-order valence-corrected chi connectivity index (χ4v) is 24.0. The molecule has 0 saturated carbocycles. The van der Waals surface area contributed by atoms with E-state index in [1.807, 2.05) is 83.5 Å². The Labute approximate surface area is 944 Å². The van der Waals surface area contributed by atoms with E-state index in [4.69, 9.17) is 104 Å². The van der Waals surface area contributed by atoms with E-state index in [0.29, 0.717) is 49.5 Å². The number of ketones is 1. The van der Waals surface area contributed by atoms with E-state index in [2.05, 4.69) is 118 Å². The molecule has 24 rings (SSSR count). The van der Waals surface area contributed by atoms with Gasteiger partial charge in [0, 0.05) is 128 Å². The molecule has 1 fully saturated rings. The molecule has 3 amide bonds. The number of hydrogen-bond donors (Lipinski definition) is 1. The van der Waals surface area contributed by atoms with Gasteiger partial charge in [-0.05, 0) is 126 Å². The SMILES string of the molecule is CC(=O)C1=CC2=C3N(C)c4ccccc4N3CCC2OC1=O.O=C1C=C(CCC(=O)ON2C(=O)CCC2=O)C2=C3[Se]c4c[c-]ccc4N3CCC2O1.O=C1C=CC2=C3Sc4c(c5ccccc5c5cc(Cl)ccc45)N3CCC2O1.O=C=O.O=P(=O)[O-].O=S(=O)=O.[CH2-]CCN1C2=C3C=C(CCC(=O)NCc4nc(Cl)nc(Cl)n4)C(=O)OC3CCN2c2ccc(F)cc21.[CH2-]C[n+]1ccc2c(c1)OC1=C3C=CC(=O)OC3CCN12.[Na+].[Na+].[Na+]. The molecule has 38 nitrogen and oxygen atoms in total. The van der Waals surface area contributed by atoms with E-state index in [9.17, 15) is 52.3 Å². The molecule has 6 aromatic carbocycles. The Bertz CT molecular complexity index is 7430. The van der Waals surface area contributed by atoms with Crippen LogP contribution < -0.4 is 147 Å². The molecule has 0 spiro atoms. The van der Waals surface area contributed by atoms with Gasteiger partial charge >= 0.3 is 308 Å². The van der Waals surface area contributed by atoms with Crippen LogP contribution in [0.2, 0.25) is 15.6 Å². The molecule has 18 heterocycles. The third kappa shape index (κ3) is 24.6. The predicted molar refractivity (Wildman–Crippen MR) is 522 cm³/mol. The monoisotopic (exact) mass is 2230 g/mol. The molecule has 0 radical (unpaired) electrons. The van der Waals surface area contributed by atoms with Gasteiger partial charge in [0.15, 0.2) is 17.8 Å². The topological polar surface area (TPSA) is 458 Å². The number of benzene rings is 6. The van der Waals surface area contributed by atoms with Gasteiger partial charge in [0.1, 0.15) is 47.4 Å². The number of rotatable bonds is 13. The van der Waals surface area contributed by atoms with Gasteiger partial charge in [-0.2, -0.15) is 21.0 Å². The predicted octanol–water partition coefficient (Wildman–Crippen LogP) is 1.84. The minimum Gasteiger partial charge on any atom is -0.744 e. The number of Topliss-reactive ketones (excluding diaryl/α,β-unsaturated/α-hetero) is 1. The standard InChI is InChI=1S/C24H22Cl2FN6O3.C22H14ClNO2S.C21H17N2O6Se.C17H16N2O3.C15H14N2O3.CO2.3Na.HO3P.O3S/c1-2-8-32-17-11-14(27)4-5-16(17)33-9-7-18-15(21(32)33)10-13(22(35)36-18)3-6-20(34)28-12-19-29-23(25)31-24(26)30-19;23-12-5-6-15-17(11-12)13-3-1-2-4-14(13)20-21(15)27-22-16-7-8-19(25)26-18(16)9-10-24(20)22;24-16-6-7-17(25)23(16)29-18(26)8-5-12-11-19(27)28-14-9-10-22-13-3-1-2-4-15(13)30-21(22)20(12)14;1-10(20)11-9-12-15(22-17(11)21)7-8-19-14-6-4-3-5-13(14)18(2)16(12)19;1-2-16-7-5-11-13(9-16)20-15-10-3-4-14(18)19-12(10)6-8-17(11)15;2-1-3;;;;2*1-4(2)3/h4-5,10-11,18H,1-3,6-9,12H2,(H,28,34);1-8,11,18H,9-10H2;1,3-4,11,14H,5-10H2;3-6,9,15H,7-8H2,1-2H3;3-5,7,9,12H,1-2,6,8H2;;;;;(H,1,2,3);/q-1;;-1;;;;3*+1;;/p-1. The summed E-state index contributed by atoms with van der Waals surface area (Å²) in [7, 11) is -4.48. The van der Waals surface area contributed by atoms with Crippen molar-refractivity contribution < 1.29 is 215 Å². The number of fused-ring (bicyclic) bond motifs is 25. The second-order valence-electron chi connectivity index (χ2n) is 34.0. The average molecular weight is 2240 g/mol. The van der Waals surface area contributed by atoms with Gasteiger partial charge in [-0.25, -0.2) is 38.1 Å². The maximum absolute atomic E-state index is 14.1. The van der Waals surface area contributed by atoms with Gasteiger partial charge in [-0.15, -0.1) is 12.6 Å².